The molecule has 0 aliphatic carbocycles. The van der Waals surface area contributed by atoms with Crippen LogP contribution in [0.1, 0.15) is 0 Å². The summed E-state index contributed by atoms with van der Waals surface area (Å²) in [7, 11) is 0. The first-order valence-corrected chi connectivity index (χ1v) is 8.84. The van der Waals surface area contributed by atoms with Crippen LogP contribution in [0.5, 0.6) is 0 Å². The van der Waals surface area contributed by atoms with E-state index in [-0.39, 0.29) is 0 Å². The largest absolute Gasteiger partial charge is 0.472 e. The molecule has 6 heterocycles. The van der Waals surface area contributed by atoms with Crippen molar-refractivity contribution in [3.05, 3.63) is 61.8 Å². The summed E-state index contributed by atoms with van der Waals surface area (Å²) >= 11 is 0. The average molecular weight is 380 g/mol. The molecule has 0 unspecified atom stereocenters. The van der Waals surface area contributed by atoms with Crippen molar-refractivity contribution in [1.82, 2.24) is 40.1 Å². The highest BCUT2D eigenvalue weighted by molar-refractivity contribution is 5.95. The van der Waals surface area contributed by atoms with Crippen LogP contribution in [0.3, 0.4) is 0 Å². The smallest absolute Gasteiger partial charge is 0.161 e. The normalized spacial score (nSPS) is 11.4. The number of fused-ring (bicyclic) bond motifs is 2. The number of hydrogen-bond acceptors (Lipinski definition) is 7. The van der Waals surface area contributed by atoms with Gasteiger partial charge in [-0.15, -0.1) is 0 Å². The Bertz CT molecular complexity index is 1450. The van der Waals surface area contributed by atoms with E-state index in [9.17, 15) is 0 Å². The molecular formula is C20H12N8O. The van der Waals surface area contributed by atoms with Crippen molar-refractivity contribution in [1.29, 1.82) is 0 Å². The maximum Gasteiger partial charge on any atom is 0.161 e. The molecule has 0 atom stereocenters. The lowest BCUT2D eigenvalue weighted by molar-refractivity contribution is 0.568. The maximum atomic E-state index is 5.21. The zero-order valence-corrected chi connectivity index (χ0v) is 14.9. The Kier molecular flexibility index (Phi) is 3.27. The first-order chi connectivity index (χ1) is 14.4. The molecular weight excluding hydrogens is 368 g/mol. The van der Waals surface area contributed by atoms with Crippen LogP contribution < -0.4 is 0 Å². The summed E-state index contributed by atoms with van der Waals surface area (Å²) in [5, 5.41) is 7.45. The van der Waals surface area contributed by atoms with Gasteiger partial charge >= 0.3 is 0 Å². The molecule has 0 aliphatic heterocycles. The number of aromatic amines is 2. The number of nitrogens with zero attached hydrogens (tertiary/aromatic N) is 6. The molecule has 0 fully saturated rings. The standard InChI is InChI=1S/C20H12N8O/c1-2-15-18(24-14(1)12-5-22-10-23-6-12)19(28-27-15)20-25-16-8-21-7-13(17(16)26-20)11-3-4-29-9-11/h1-10H,(H,25,26)(H,27,28). The lowest BCUT2D eigenvalue weighted by Gasteiger charge is -2.00. The third-order valence-corrected chi connectivity index (χ3v) is 4.71. The molecule has 0 amide bonds. The van der Waals surface area contributed by atoms with Crippen LogP contribution in [0, 0.1) is 0 Å². The molecule has 0 saturated carbocycles. The molecule has 0 bridgehead atoms. The molecule has 9 heteroatoms. The monoisotopic (exact) mass is 380 g/mol. The second-order valence-electron chi connectivity index (χ2n) is 6.47. The molecule has 0 radical (unpaired) electrons. The summed E-state index contributed by atoms with van der Waals surface area (Å²) in [6.45, 7) is 0. The molecule has 0 aliphatic rings. The minimum Gasteiger partial charge on any atom is -0.472 e. The Balaban J connectivity index is 1.53. The molecule has 29 heavy (non-hydrogen) atoms. The van der Waals surface area contributed by atoms with E-state index in [4.69, 9.17) is 14.4 Å². The van der Waals surface area contributed by atoms with Gasteiger partial charge in [0.25, 0.3) is 0 Å². The van der Waals surface area contributed by atoms with Crippen LogP contribution in [0.2, 0.25) is 0 Å². The van der Waals surface area contributed by atoms with Crippen LogP contribution in [0.15, 0.2) is 66.3 Å². The highest BCUT2D eigenvalue weighted by atomic mass is 16.3. The minimum atomic E-state index is 0.609. The Morgan fingerprint density at radius 3 is 2.59 bits per heavy atom. The number of furan rings is 1. The molecule has 9 nitrogen and oxygen atoms in total. The number of rotatable bonds is 3. The summed E-state index contributed by atoms with van der Waals surface area (Å²) in [5.74, 6) is 0.609. The molecule has 0 spiro atoms. The van der Waals surface area contributed by atoms with Crippen molar-refractivity contribution < 1.29 is 4.42 Å². The van der Waals surface area contributed by atoms with Gasteiger partial charge in [0.15, 0.2) is 11.5 Å². The minimum absolute atomic E-state index is 0.609. The van der Waals surface area contributed by atoms with Gasteiger partial charge in [0.1, 0.15) is 17.4 Å². The van der Waals surface area contributed by atoms with Crippen molar-refractivity contribution in [3.63, 3.8) is 0 Å². The molecule has 2 N–H and O–H groups in total. The van der Waals surface area contributed by atoms with Gasteiger partial charge in [-0.1, -0.05) is 0 Å². The highest BCUT2D eigenvalue weighted by Crippen LogP contribution is 2.31. The fourth-order valence-corrected chi connectivity index (χ4v) is 3.33. The Morgan fingerprint density at radius 2 is 1.72 bits per heavy atom. The summed E-state index contributed by atoms with van der Waals surface area (Å²) in [4.78, 5) is 25.3. The number of hydrogen-bond donors (Lipinski definition) is 2. The number of aromatic nitrogens is 8. The lowest BCUT2D eigenvalue weighted by Crippen LogP contribution is -1.88. The average Bonchev–Trinajstić information content (AvgIpc) is 3.52. The van der Waals surface area contributed by atoms with E-state index in [2.05, 4.69) is 30.1 Å². The van der Waals surface area contributed by atoms with Crippen molar-refractivity contribution in [2.24, 2.45) is 0 Å². The van der Waals surface area contributed by atoms with E-state index in [1.54, 1.807) is 37.3 Å². The van der Waals surface area contributed by atoms with Gasteiger partial charge in [0.05, 0.1) is 35.5 Å². The third-order valence-electron chi connectivity index (χ3n) is 4.71. The lowest BCUT2D eigenvalue weighted by atomic mass is 10.1. The number of nitrogens with one attached hydrogen (secondary N) is 2. The van der Waals surface area contributed by atoms with Gasteiger partial charge < -0.3 is 9.40 Å². The van der Waals surface area contributed by atoms with Crippen LogP contribution in [0.4, 0.5) is 0 Å². The van der Waals surface area contributed by atoms with Gasteiger partial charge in [-0.2, -0.15) is 5.10 Å². The molecule has 6 aromatic heterocycles. The molecule has 6 aromatic rings. The van der Waals surface area contributed by atoms with Gasteiger partial charge in [-0.05, 0) is 18.2 Å². The van der Waals surface area contributed by atoms with Crippen molar-refractivity contribution in [2.45, 2.75) is 0 Å². The maximum absolute atomic E-state index is 5.21. The van der Waals surface area contributed by atoms with Crippen molar-refractivity contribution >= 4 is 22.1 Å². The summed E-state index contributed by atoms with van der Waals surface area (Å²) in [6.07, 6.45) is 11.8. The number of imidazole rings is 1. The molecule has 138 valence electrons. The predicted molar refractivity (Wildman–Crippen MR) is 105 cm³/mol. The zero-order chi connectivity index (χ0) is 19.2. The Hall–Kier alpha value is -4.40. The highest BCUT2D eigenvalue weighted by Gasteiger charge is 2.17. The van der Waals surface area contributed by atoms with Gasteiger partial charge in [0, 0.05) is 35.3 Å². The SMILES string of the molecule is c1ncc(-c2ccc3[nH]nc(-c4nc5c(-c6ccoc6)cncc5[nH]4)c3n2)cn1. The predicted octanol–water partition coefficient (Wildman–Crippen LogP) is 3.61. The van der Waals surface area contributed by atoms with Crippen LogP contribution in [-0.4, -0.2) is 40.1 Å². The quantitative estimate of drug-likeness (QED) is 0.481. The second kappa shape index (κ2) is 6.06. The fourth-order valence-electron chi connectivity index (χ4n) is 3.33. The topological polar surface area (TPSA) is 122 Å². The van der Waals surface area contributed by atoms with E-state index in [0.29, 0.717) is 17.0 Å². The second-order valence-corrected chi connectivity index (χ2v) is 6.47. The molecule has 0 saturated heterocycles. The number of H-pyrrole nitrogens is 2. The zero-order valence-electron chi connectivity index (χ0n) is 14.9. The first-order valence-electron chi connectivity index (χ1n) is 8.84. The Labute approximate surface area is 162 Å². The van der Waals surface area contributed by atoms with Gasteiger partial charge in [0.2, 0.25) is 0 Å². The fraction of sp³-hybridized carbons (Fsp3) is 0. The first kappa shape index (κ1) is 15.6. The van der Waals surface area contributed by atoms with Crippen LogP contribution in [0.25, 0.3) is 56.0 Å². The van der Waals surface area contributed by atoms with E-state index in [0.717, 1.165) is 38.9 Å². The summed E-state index contributed by atoms with van der Waals surface area (Å²) < 4.78 is 5.21. The van der Waals surface area contributed by atoms with Crippen LogP contribution in [-0.2, 0) is 0 Å². The molecule has 6 rings (SSSR count). The van der Waals surface area contributed by atoms with Crippen LogP contribution >= 0.6 is 0 Å². The van der Waals surface area contributed by atoms with Crippen molar-refractivity contribution in [3.8, 4) is 33.9 Å². The van der Waals surface area contributed by atoms with E-state index in [1.165, 1.54) is 6.33 Å². The Morgan fingerprint density at radius 1 is 0.793 bits per heavy atom. The van der Waals surface area contributed by atoms with Gasteiger partial charge in [-0.3, -0.25) is 10.1 Å². The van der Waals surface area contributed by atoms with Crippen molar-refractivity contribution in [2.75, 3.05) is 0 Å². The molecule has 0 aromatic carbocycles. The van der Waals surface area contributed by atoms with E-state index >= 15 is 0 Å². The van der Waals surface area contributed by atoms with E-state index < -0.39 is 0 Å². The summed E-state index contributed by atoms with van der Waals surface area (Å²) in [5.41, 5.74) is 7.15. The van der Waals surface area contributed by atoms with Gasteiger partial charge in [-0.25, -0.2) is 19.9 Å². The summed E-state index contributed by atoms with van der Waals surface area (Å²) in [6, 6.07) is 5.72. The van der Waals surface area contributed by atoms with E-state index in [1.807, 2.05) is 18.2 Å². The number of pyridine rings is 2. The third kappa shape index (κ3) is 2.48.